The summed E-state index contributed by atoms with van der Waals surface area (Å²) in [6.45, 7) is 0. The number of rotatable bonds is 3. The quantitative estimate of drug-likeness (QED) is 0.869. The van der Waals surface area contributed by atoms with E-state index >= 15 is 0 Å². The minimum absolute atomic E-state index is 0.155. The molecule has 4 heteroatoms. The number of aliphatic hydroxyl groups excluding tert-OH is 1. The van der Waals surface area contributed by atoms with Crippen LogP contribution in [0, 0.1) is 0 Å². The van der Waals surface area contributed by atoms with Gasteiger partial charge in [-0.05, 0) is 42.5 Å². The number of nitrogens with one attached hydrogen (secondary N) is 1. The van der Waals surface area contributed by atoms with Gasteiger partial charge < -0.3 is 15.2 Å². The first-order chi connectivity index (χ1) is 8.76. The minimum Gasteiger partial charge on any atom is -0.497 e. The summed E-state index contributed by atoms with van der Waals surface area (Å²) in [5.74, 6) is 1.73. The second kappa shape index (κ2) is 4.46. The molecule has 0 radical (unpaired) electrons. The Morgan fingerprint density at radius 3 is 2.89 bits per heavy atom. The summed E-state index contributed by atoms with van der Waals surface area (Å²) in [6, 6.07) is 8.25. The Morgan fingerprint density at radius 1 is 1.33 bits per heavy atom. The molecule has 2 N–H and O–H groups in total. The Bertz CT molecular complexity index is 565. The third kappa shape index (κ3) is 1.99. The van der Waals surface area contributed by atoms with Crippen LogP contribution in [-0.2, 0) is 0 Å². The second-order valence-corrected chi connectivity index (χ2v) is 4.71. The summed E-state index contributed by atoms with van der Waals surface area (Å²) in [6.07, 6.45) is 3.24. The third-order valence-corrected chi connectivity index (χ3v) is 3.43. The van der Waals surface area contributed by atoms with Gasteiger partial charge in [0.1, 0.15) is 11.6 Å². The summed E-state index contributed by atoms with van der Waals surface area (Å²) in [4.78, 5) is 4.38. The zero-order valence-electron chi connectivity index (χ0n) is 10.3. The lowest BCUT2D eigenvalue weighted by Gasteiger charge is -2.32. The Balaban J connectivity index is 1.91. The van der Waals surface area contributed by atoms with Crippen LogP contribution in [-0.4, -0.2) is 29.3 Å². The molecule has 4 nitrogen and oxygen atoms in total. The molecule has 1 heterocycles. The van der Waals surface area contributed by atoms with E-state index in [0.717, 1.165) is 35.2 Å². The minimum atomic E-state index is -0.155. The van der Waals surface area contributed by atoms with Gasteiger partial charge in [-0.15, -0.1) is 0 Å². The molecule has 0 aliphatic heterocycles. The van der Waals surface area contributed by atoms with E-state index < -0.39 is 0 Å². The van der Waals surface area contributed by atoms with Crippen LogP contribution >= 0.6 is 0 Å². The molecule has 94 valence electrons. The van der Waals surface area contributed by atoms with Gasteiger partial charge >= 0.3 is 0 Å². The second-order valence-electron chi connectivity index (χ2n) is 4.71. The number of ether oxygens (including phenoxy) is 1. The Morgan fingerprint density at radius 2 is 2.17 bits per heavy atom. The summed E-state index contributed by atoms with van der Waals surface area (Å²) >= 11 is 0. The van der Waals surface area contributed by atoms with E-state index in [1.165, 1.54) is 0 Å². The van der Waals surface area contributed by atoms with Crippen LogP contribution in [0.5, 0.6) is 5.75 Å². The zero-order valence-corrected chi connectivity index (χ0v) is 10.3. The number of methoxy groups -OCH3 is 1. The molecule has 1 fully saturated rings. The lowest BCUT2D eigenvalue weighted by molar-refractivity contribution is 0.0836. The van der Waals surface area contributed by atoms with Crippen LogP contribution in [0.15, 0.2) is 30.5 Å². The molecule has 0 unspecified atom stereocenters. The van der Waals surface area contributed by atoms with E-state index in [4.69, 9.17) is 4.74 Å². The summed E-state index contributed by atoms with van der Waals surface area (Å²) in [5, 5.41) is 14.9. The van der Waals surface area contributed by atoms with Crippen molar-refractivity contribution in [3.05, 3.63) is 30.5 Å². The lowest BCUT2D eigenvalue weighted by Crippen LogP contribution is -2.39. The van der Waals surface area contributed by atoms with Gasteiger partial charge in [0.25, 0.3) is 0 Å². The van der Waals surface area contributed by atoms with E-state index in [1.54, 1.807) is 13.3 Å². The molecule has 1 aromatic carbocycles. The highest BCUT2D eigenvalue weighted by Gasteiger charge is 2.27. The molecule has 2 aromatic rings. The van der Waals surface area contributed by atoms with Crippen molar-refractivity contribution in [3.63, 3.8) is 0 Å². The van der Waals surface area contributed by atoms with Crippen LogP contribution in [0.1, 0.15) is 12.8 Å². The van der Waals surface area contributed by atoms with Crippen molar-refractivity contribution in [1.29, 1.82) is 0 Å². The number of benzene rings is 1. The number of hydrogen-bond acceptors (Lipinski definition) is 4. The highest BCUT2D eigenvalue weighted by atomic mass is 16.5. The van der Waals surface area contributed by atoms with Crippen LogP contribution in [0.3, 0.4) is 0 Å². The predicted octanol–water partition coefficient (Wildman–Crippen LogP) is 2.18. The Kier molecular flexibility index (Phi) is 2.80. The zero-order chi connectivity index (χ0) is 12.5. The third-order valence-electron chi connectivity index (χ3n) is 3.43. The predicted molar refractivity (Wildman–Crippen MR) is 70.9 cm³/mol. The number of anilines is 1. The first-order valence-corrected chi connectivity index (χ1v) is 6.13. The first-order valence-electron chi connectivity index (χ1n) is 6.13. The molecule has 18 heavy (non-hydrogen) atoms. The fourth-order valence-electron chi connectivity index (χ4n) is 2.30. The Labute approximate surface area is 106 Å². The van der Waals surface area contributed by atoms with Crippen molar-refractivity contribution in [2.45, 2.75) is 25.0 Å². The van der Waals surface area contributed by atoms with Crippen LogP contribution in [0.4, 0.5) is 5.82 Å². The lowest BCUT2D eigenvalue weighted by atomic mass is 9.89. The van der Waals surface area contributed by atoms with Crippen LogP contribution < -0.4 is 10.1 Å². The number of hydrogen-bond donors (Lipinski definition) is 2. The average molecular weight is 244 g/mol. The number of aromatic nitrogens is 1. The maximum Gasteiger partial charge on any atom is 0.134 e. The average Bonchev–Trinajstić information content (AvgIpc) is 2.36. The van der Waals surface area contributed by atoms with Gasteiger partial charge in [-0.1, -0.05) is 0 Å². The topological polar surface area (TPSA) is 54.4 Å². The van der Waals surface area contributed by atoms with Gasteiger partial charge in [0.2, 0.25) is 0 Å². The molecule has 3 rings (SSSR count). The molecule has 0 saturated heterocycles. The van der Waals surface area contributed by atoms with E-state index in [1.807, 2.05) is 24.3 Å². The first kappa shape index (κ1) is 11.3. The van der Waals surface area contributed by atoms with Crippen molar-refractivity contribution >= 4 is 16.6 Å². The normalized spacial score (nSPS) is 22.6. The smallest absolute Gasteiger partial charge is 0.134 e. The van der Waals surface area contributed by atoms with Gasteiger partial charge in [0.05, 0.1) is 13.2 Å². The van der Waals surface area contributed by atoms with Crippen molar-refractivity contribution in [2.75, 3.05) is 12.4 Å². The molecular formula is C14H16N2O2. The summed E-state index contributed by atoms with van der Waals surface area (Å²) < 4.78 is 5.22. The number of nitrogens with zero attached hydrogens (tertiary/aromatic N) is 1. The summed E-state index contributed by atoms with van der Waals surface area (Å²) in [7, 11) is 1.66. The maximum atomic E-state index is 9.30. The van der Waals surface area contributed by atoms with Gasteiger partial charge in [-0.3, -0.25) is 0 Å². The standard InChI is InChI=1S/C14H16N2O2/c1-18-12-2-3-13-9(6-12)4-5-15-14(13)16-10-7-11(17)8-10/h2-6,10-11,17H,7-8H2,1H3,(H,15,16). The molecule has 0 amide bonds. The number of pyridine rings is 1. The number of fused-ring (bicyclic) bond motifs is 1. The van der Waals surface area contributed by atoms with Gasteiger partial charge in [0.15, 0.2) is 0 Å². The van der Waals surface area contributed by atoms with E-state index in [2.05, 4.69) is 10.3 Å². The fourth-order valence-corrected chi connectivity index (χ4v) is 2.30. The van der Waals surface area contributed by atoms with Crippen molar-refractivity contribution in [2.24, 2.45) is 0 Å². The molecule has 1 aliphatic carbocycles. The Hall–Kier alpha value is -1.81. The summed E-state index contributed by atoms with van der Waals surface area (Å²) in [5.41, 5.74) is 0. The van der Waals surface area contributed by atoms with Gasteiger partial charge in [-0.25, -0.2) is 4.98 Å². The number of aliphatic hydroxyl groups is 1. The maximum absolute atomic E-state index is 9.30. The monoisotopic (exact) mass is 244 g/mol. The van der Waals surface area contributed by atoms with E-state index in [9.17, 15) is 5.11 Å². The highest BCUT2D eigenvalue weighted by Crippen LogP contribution is 2.29. The van der Waals surface area contributed by atoms with Gasteiger partial charge in [-0.2, -0.15) is 0 Å². The van der Waals surface area contributed by atoms with E-state index in [0.29, 0.717) is 6.04 Å². The SMILES string of the molecule is COc1ccc2c(NC3CC(O)C3)nccc2c1. The largest absolute Gasteiger partial charge is 0.497 e. The fraction of sp³-hybridized carbons (Fsp3) is 0.357. The molecule has 0 bridgehead atoms. The molecule has 0 atom stereocenters. The van der Waals surface area contributed by atoms with E-state index in [-0.39, 0.29) is 6.10 Å². The molecular weight excluding hydrogens is 228 g/mol. The molecule has 1 aromatic heterocycles. The van der Waals surface area contributed by atoms with Gasteiger partial charge in [0, 0.05) is 17.6 Å². The van der Waals surface area contributed by atoms with Crippen molar-refractivity contribution in [3.8, 4) is 5.75 Å². The molecule has 1 saturated carbocycles. The van der Waals surface area contributed by atoms with Crippen molar-refractivity contribution < 1.29 is 9.84 Å². The highest BCUT2D eigenvalue weighted by molar-refractivity contribution is 5.92. The van der Waals surface area contributed by atoms with Crippen molar-refractivity contribution in [1.82, 2.24) is 4.98 Å². The van der Waals surface area contributed by atoms with Crippen LogP contribution in [0.25, 0.3) is 10.8 Å². The van der Waals surface area contributed by atoms with Crippen LogP contribution in [0.2, 0.25) is 0 Å². The molecule has 0 spiro atoms. The molecule has 1 aliphatic rings.